The maximum atomic E-state index is 11.2. The van der Waals surface area contributed by atoms with Crippen LogP contribution in [0.1, 0.15) is 70.8 Å². The number of para-hydroxylation sites is 1. The van der Waals surface area contributed by atoms with Crippen molar-refractivity contribution in [1.82, 2.24) is 0 Å². The highest BCUT2D eigenvalue weighted by Crippen LogP contribution is 2.33. The average molecular weight is 262 g/mol. The van der Waals surface area contributed by atoms with Crippen molar-refractivity contribution in [2.45, 2.75) is 65.2 Å². The number of carbonyl (C=O) groups is 1. The van der Waals surface area contributed by atoms with Crippen molar-refractivity contribution in [3.8, 4) is 5.75 Å². The molecule has 19 heavy (non-hydrogen) atoms. The molecule has 0 saturated carbocycles. The van der Waals surface area contributed by atoms with Gasteiger partial charge in [-0.3, -0.25) is 4.79 Å². The number of carbonyl (C=O) groups excluding carboxylic acids is 1. The highest BCUT2D eigenvalue weighted by molar-refractivity contribution is 5.69. The number of benzene rings is 1. The lowest BCUT2D eigenvalue weighted by Crippen LogP contribution is -2.07. The van der Waals surface area contributed by atoms with Gasteiger partial charge in [-0.05, 0) is 30.4 Å². The molecule has 1 aromatic carbocycles. The Morgan fingerprint density at radius 3 is 2.47 bits per heavy atom. The van der Waals surface area contributed by atoms with Crippen molar-refractivity contribution in [2.75, 3.05) is 0 Å². The lowest BCUT2D eigenvalue weighted by Gasteiger charge is -2.19. The molecule has 1 aromatic rings. The van der Waals surface area contributed by atoms with Crippen molar-refractivity contribution >= 4 is 5.97 Å². The number of rotatable bonds is 8. The summed E-state index contributed by atoms with van der Waals surface area (Å²) in [6.45, 7) is 5.89. The lowest BCUT2D eigenvalue weighted by atomic mass is 9.89. The van der Waals surface area contributed by atoms with Crippen LogP contribution in [0, 0.1) is 0 Å². The van der Waals surface area contributed by atoms with E-state index in [1.54, 1.807) is 0 Å². The summed E-state index contributed by atoms with van der Waals surface area (Å²) in [6.07, 6.45) is 7.25. The summed E-state index contributed by atoms with van der Waals surface area (Å²) in [7, 11) is 0. The Morgan fingerprint density at radius 1 is 1.11 bits per heavy atom. The monoisotopic (exact) mass is 262 g/mol. The van der Waals surface area contributed by atoms with Gasteiger partial charge in [-0.2, -0.15) is 0 Å². The van der Waals surface area contributed by atoms with E-state index in [9.17, 15) is 4.79 Å². The highest BCUT2D eigenvalue weighted by atomic mass is 16.5. The van der Waals surface area contributed by atoms with Crippen molar-refractivity contribution in [3.05, 3.63) is 29.8 Å². The van der Waals surface area contributed by atoms with Gasteiger partial charge in [0.1, 0.15) is 5.75 Å². The average Bonchev–Trinajstić information content (AvgIpc) is 2.38. The van der Waals surface area contributed by atoms with Gasteiger partial charge in [-0.1, -0.05) is 57.7 Å². The maximum Gasteiger partial charge on any atom is 0.308 e. The molecule has 0 saturated heterocycles. The highest BCUT2D eigenvalue weighted by Gasteiger charge is 2.16. The standard InChI is InChI=1S/C17H26O2/c1-4-6-7-11-15(10-5-2)16-12-8-9-13-17(16)19-14(3)18/h8-9,12-13,15H,4-7,10-11H2,1-3H3. The molecule has 0 spiro atoms. The predicted octanol–water partition coefficient (Wildman–Crippen LogP) is 5.08. The van der Waals surface area contributed by atoms with Crippen LogP contribution in [-0.4, -0.2) is 5.97 Å². The Labute approximate surface area is 117 Å². The molecular formula is C17H26O2. The van der Waals surface area contributed by atoms with Crippen LogP contribution in [0.15, 0.2) is 24.3 Å². The number of hydrogen-bond acceptors (Lipinski definition) is 2. The fraction of sp³-hybridized carbons (Fsp3) is 0.588. The fourth-order valence-corrected chi connectivity index (χ4v) is 2.51. The zero-order valence-electron chi connectivity index (χ0n) is 12.4. The van der Waals surface area contributed by atoms with Gasteiger partial charge in [0, 0.05) is 6.92 Å². The van der Waals surface area contributed by atoms with Crippen LogP contribution in [0.2, 0.25) is 0 Å². The van der Waals surface area contributed by atoms with Crippen LogP contribution >= 0.6 is 0 Å². The van der Waals surface area contributed by atoms with Gasteiger partial charge in [0.25, 0.3) is 0 Å². The molecule has 1 rings (SSSR count). The zero-order valence-corrected chi connectivity index (χ0v) is 12.4. The second-order valence-electron chi connectivity index (χ2n) is 5.11. The van der Waals surface area contributed by atoms with Gasteiger partial charge in [0.05, 0.1) is 0 Å². The topological polar surface area (TPSA) is 26.3 Å². The molecule has 2 heteroatoms. The summed E-state index contributed by atoms with van der Waals surface area (Å²) < 4.78 is 5.34. The summed E-state index contributed by atoms with van der Waals surface area (Å²) in [5.74, 6) is 1.01. The van der Waals surface area contributed by atoms with Crippen LogP contribution in [0.5, 0.6) is 5.75 Å². The Morgan fingerprint density at radius 2 is 1.84 bits per heavy atom. The van der Waals surface area contributed by atoms with Gasteiger partial charge in [-0.15, -0.1) is 0 Å². The van der Waals surface area contributed by atoms with E-state index in [4.69, 9.17) is 4.74 Å². The molecule has 0 amide bonds. The van der Waals surface area contributed by atoms with Gasteiger partial charge in [0.2, 0.25) is 0 Å². The van der Waals surface area contributed by atoms with Gasteiger partial charge < -0.3 is 4.74 Å². The molecule has 0 radical (unpaired) electrons. The summed E-state index contributed by atoms with van der Waals surface area (Å²) in [5, 5.41) is 0. The first-order valence-corrected chi connectivity index (χ1v) is 7.46. The first kappa shape index (κ1) is 15.7. The minimum atomic E-state index is -0.240. The molecule has 0 fully saturated rings. The molecule has 1 atom stereocenters. The Kier molecular flexibility index (Phi) is 7.24. The van der Waals surface area contributed by atoms with Crippen molar-refractivity contribution < 1.29 is 9.53 Å². The van der Waals surface area contributed by atoms with E-state index >= 15 is 0 Å². The van der Waals surface area contributed by atoms with E-state index in [1.165, 1.54) is 38.2 Å². The second-order valence-corrected chi connectivity index (χ2v) is 5.11. The molecule has 0 aliphatic rings. The van der Waals surface area contributed by atoms with Gasteiger partial charge in [0.15, 0.2) is 0 Å². The largest absolute Gasteiger partial charge is 0.426 e. The third-order valence-electron chi connectivity index (χ3n) is 3.41. The van der Waals surface area contributed by atoms with Crippen LogP contribution in [0.4, 0.5) is 0 Å². The van der Waals surface area contributed by atoms with Gasteiger partial charge in [-0.25, -0.2) is 0 Å². The van der Waals surface area contributed by atoms with Crippen molar-refractivity contribution in [1.29, 1.82) is 0 Å². The van der Waals surface area contributed by atoms with E-state index < -0.39 is 0 Å². The maximum absolute atomic E-state index is 11.2. The molecule has 0 heterocycles. The smallest absolute Gasteiger partial charge is 0.308 e. The SMILES string of the molecule is CCCCCC(CCC)c1ccccc1OC(C)=O. The lowest BCUT2D eigenvalue weighted by molar-refractivity contribution is -0.131. The van der Waals surface area contributed by atoms with Crippen LogP contribution in [0.3, 0.4) is 0 Å². The number of ether oxygens (including phenoxy) is 1. The summed E-state index contributed by atoms with van der Waals surface area (Å²) in [6, 6.07) is 7.96. The fourth-order valence-electron chi connectivity index (χ4n) is 2.51. The zero-order chi connectivity index (χ0) is 14.1. The summed E-state index contributed by atoms with van der Waals surface area (Å²) in [5.41, 5.74) is 1.19. The normalized spacial score (nSPS) is 12.2. The minimum Gasteiger partial charge on any atom is -0.426 e. The molecule has 0 aromatic heterocycles. The first-order chi connectivity index (χ1) is 9.19. The number of hydrogen-bond donors (Lipinski definition) is 0. The third-order valence-corrected chi connectivity index (χ3v) is 3.41. The van der Waals surface area contributed by atoms with Gasteiger partial charge >= 0.3 is 5.97 Å². The number of esters is 1. The van der Waals surface area contributed by atoms with Crippen LogP contribution in [-0.2, 0) is 4.79 Å². The molecule has 2 nitrogen and oxygen atoms in total. The number of unbranched alkanes of at least 4 members (excludes halogenated alkanes) is 2. The van der Waals surface area contributed by atoms with E-state index in [0.29, 0.717) is 5.92 Å². The van der Waals surface area contributed by atoms with Crippen molar-refractivity contribution in [3.63, 3.8) is 0 Å². The molecule has 1 unspecified atom stereocenters. The van der Waals surface area contributed by atoms with Crippen molar-refractivity contribution in [2.24, 2.45) is 0 Å². The van der Waals surface area contributed by atoms with Crippen LogP contribution in [0.25, 0.3) is 0 Å². The first-order valence-electron chi connectivity index (χ1n) is 7.46. The summed E-state index contributed by atoms with van der Waals surface area (Å²) in [4.78, 5) is 11.2. The van der Waals surface area contributed by atoms with E-state index in [0.717, 1.165) is 18.6 Å². The second kappa shape index (κ2) is 8.73. The Bertz CT molecular complexity index is 385. The molecule has 0 aliphatic heterocycles. The molecular weight excluding hydrogens is 236 g/mol. The Balaban J connectivity index is 2.84. The Hall–Kier alpha value is -1.31. The third kappa shape index (κ3) is 5.46. The predicted molar refractivity (Wildman–Crippen MR) is 79.5 cm³/mol. The molecule has 0 aliphatic carbocycles. The summed E-state index contributed by atoms with van der Waals surface area (Å²) >= 11 is 0. The van der Waals surface area contributed by atoms with Crippen LogP contribution < -0.4 is 4.74 Å². The molecule has 106 valence electrons. The quantitative estimate of drug-likeness (QED) is 0.371. The van der Waals surface area contributed by atoms with E-state index in [2.05, 4.69) is 19.9 Å². The minimum absolute atomic E-state index is 0.240. The molecule has 0 N–H and O–H groups in total. The van der Waals surface area contributed by atoms with E-state index in [-0.39, 0.29) is 5.97 Å². The van der Waals surface area contributed by atoms with E-state index in [1.807, 2.05) is 18.2 Å². The molecule has 0 bridgehead atoms.